The maximum Gasteiger partial charge on any atom is 0.243 e. The summed E-state index contributed by atoms with van der Waals surface area (Å²) in [5, 5.41) is 4.01. The number of carbonyl (C=O) groups excluding carboxylic acids is 1. The standard InChI is InChI=1S/C16H23ClN2O/c1-15(2)7-4-8-16(10-9-15,14(18)20)19-13-6-3-5-12(17)11-13/h3,5-6,11,19H,4,7-10H2,1-2H3,(H2,18,20). The van der Waals surface area contributed by atoms with Crippen LogP contribution in [0.15, 0.2) is 24.3 Å². The topological polar surface area (TPSA) is 55.1 Å². The Bertz CT molecular complexity index is 501. The number of nitrogens with two attached hydrogens (primary N) is 1. The van der Waals surface area contributed by atoms with Crippen molar-refractivity contribution in [3.8, 4) is 0 Å². The Labute approximate surface area is 125 Å². The van der Waals surface area contributed by atoms with E-state index in [1.807, 2.05) is 24.3 Å². The molecular weight excluding hydrogens is 272 g/mol. The van der Waals surface area contributed by atoms with E-state index >= 15 is 0 Å². The molecule has 20 heavy (non-hydrogen) atoms. The summed E-state index contributed by atoms with van der Waals surface area (Å²) >= 11 is 6.01. The monoisotopic (exact) mass is 294 g/mol. The molecule has 1 aliphatic rings. The van der Waals surface area contributed by atoms with Gasteiger partial charge < -0.3 is 11.1 Å². The Morgan fingerprint density at radius 3 is 2.65 bits per heavy atom. The molecule has 1 aliphatic carbocycles. The lowest BCUT2D eigenvalue weighted by Gasteiger charge is -2.32. The fourth-order valence-corrected chi connectivity index (χ4v) is 3.14. The first-order chi connectivity index (χ1) is 9.33. The number of nitrogens with one attached hydrogen (secondary N) is 1. The van der Waals surface area contributed by atoms with Gasteiger partial charge in [0.25, 0.3) is 0 Å². The van der Waals surface area contributed by atoms with Crippen LogP contribution >= 0.6 is 11.6 Å². The van der Waals surface area contributed by atoms with Gasteiger partial charge in [-0.05, 0) is 49.3 Å². The number of benzene rings is 1. The molecule has 1 saturated carbocycles. The van der Waals surface area contributed by atoms with Gasteiger partial charge in [0.15, 0.2) is 0 Å². The summed E-state index contributed by atoms with van der Waals surface area (Å²) in [6, 6.07) is 7.45. The maximum atomic E-state index is 12.1. The molecule has 1 unspecified atom stereocenters. The minimum atomic E-state index is -0.654. The first-order valence-corrected chi connectivity index (χ1v) is 7.55. The number of hydrogen-bond donors (Lipinski definition) is 2. The zero-order valence-electron chi connectivity index (χ0n) is 12.2. The van der Waals surface area contributed by atoms with Crippen molar-refractivity contribution in [3.63, 3.8) is 0 Å². The van der Waals surface area contributed by atoms with E-state index in [1.54, 1.807) is 0 Å². The van der Waals surface area contributed by atoms with Crippen molar-refractivity contribution in [2.24, 2.45) is 11.1 Å². The van der Waals surface area contributed by atoms with Crippen molar-refractivity contribution < 1.29 is 4.79 Å². The molecule has 1 amide bonds. The van der Waals surface area contributed by atoms with Crippen molar-refractivity contribution >= 4 is 23.2 Å². The van der Waals surface area contributed by atoms with Crippen LogP contribution in [-0.4, -0.2) is 11.4 Å². The van der Waals surface area contributed by atoms with Crippen molar-refractivity contribution in [1.82, 2.24) is 0 Å². The van der Waals surface area contributed by atoms with Crippen molar-refractivity contribution in [2.75, 3.05) is 5.32 Å². The van der Waals surface area contributed by atoms with Crippen LogP contribution in [0.25, 0.3) is 0 Å². The van der Waals surface area contributed by atoms with Gasteiger partial charge in [0.2, 0.25) is 5.91 Å². The average molecular weight is 295 g/mol. The summed E-state index contributed by atoms with van der Waals surface area (Å²) in [4.78, 5) is 12.1. The van der Waals surface area contributed by atoms with E-state index in [4.69, 9.17) is 17.3 Å². The highest BCUT2D eigenvalue weighted by Crippen LogP contribution is 2.39. The molecule has 1 aromatic carbocycles. The number of carbonyl (C=O) groups is 1. The predicted octanol–water partition coefficient (Wildman–Crippen LogP) is 3.97. The summed E-state index contributed by atoms with van der Waals surface area (Å²) in [5.74, 6) is -0.268. The molecular formula is C16H23ClN2O. The second-order valence-electron chi connectivity index (χ2n) is 6.60. The fraction of sp³-hybridized carbons (Fsp3) is 0.562. The van der Waals surface area contributed by atoms with Gasteiger partial charge in [-0.2, -0.15) is 0 Å². The normalized spacial score (nSPS) is 25.8. The largest absolute Gasteiger partial charge is 0.371 e. The Morgan fingerprint density at radius 2 is 2.00 bits per heavy atom. The molecule has 0 radical (unpaired) electrons. The summed E-state index contributed by atoms with van der Waals surface area (Å²) in [7, 11) is 0. The second-order valence-corrected chi connectivity index (χ2v) is 7.04. The third-order valence-corrected chi connectivity index (χ3v) is 4.60. The van der Waals surface area contributed by atoms with Crippen molar-refractivity contribution in [1.29, 1.82) is 0 Å². The molecule has 1 atom stereocenters. The third kappa shape index (κ3) is 3.45. The first-order valence-electron chi connectivity index (χ1n) is 7.17. The Balaban J connectivity index is 2.24. The molecule has 110 valence electrons. The van der Waals surface area contributed by atoms with Crippen LogP contribution in [-0.2, 0) is 4.79 Å². The van der Waals surface area contributed by atoms with E-state index in [1.165, 1.54) is 0 Å². The molecule has 0 saturated heterocycles. The minimum Gasteiger partial charge on any atom is -0.371 e. The maximum absolute atomic E-state index is 12.1. The Hall–Kier alpha value is -1.22. The molecule has 0 heterocycles. The molecule has 0 aromatic heterocycles. The molecule has 0 spiro atoms. The van der Waals surface area contributed by atoms with Gasteiger partial charge in [-0.15, -0.1) is 0 Å². The van der Waals surface area contributed by atoms with E-state index < -0.39 is 5.54 Å². The highest BCUT2D eigenvalue weighted by atomic mass is 35.5. The Kier molecular flexibility index (Phi) is 4.28. The van der Waals surface area contributed by atoms with Crippen LogP contribution in [0.4, 0.5) is 5.69 Å². The lowest BCUT2D eigenvalue weighted by atomic mass is 9.83. The smallest absolute Gasteiger partial charge is 0.243 e. The van der Waals surface area contributed by atoms with Crippen LogP contribution < -0.4 is 11.1 Å². The molecule has 0 bridgehead atoms. The van der Waals surface area contributed by atoms with E-state index in [-0.39, 0.29) is 11.3 Å². The zero-order chi connectivity index (χ0) is 14.8. The molecule has 4 heteroatoms. The SMILES string of the molecule is CC1(C)CCCC(Nc2cccc(Cl)c2)(C(N)=O)CC1. The quantitative estimate of drug-likeness (QED) is 0.829. The number of rotatable bonds is 3. The average Bonchev–Trinajstić information content (AvgIpc) is 2.49. The molecule has 3 N–H and O–H groups in total. The van der Waals surface area contributed by atoms with Crippen LogP contribution in [0, 0.1) is 5.41 Å². The molecule has 1 aromatic rings. The predicted molar refractivity (Wildman–Crippen MR) is 83.9 cm³/mol. The number of halogens is 1. The molecule has 1 fully saturated rings. The van der Waals surface area contributed by atoms with Crippen molar-refractivity contribution in [2.45, 2.75) is 51.5 Å². The summed E-state index contributed by atoms with van der Waals surface area (Å²) < 4.78 is 0. The molecule has 0 aliphatic heterocycles. The van der Waals surface area contributed by atoms with Gasteiger partial charge in [0, 0.05) is 10.7 Å². The minimum absolute atomic E-state index is 0.268. The van der Waals surface area contributed by atoms with Crippen LogP contribution in [0.2, 0.25) is 5.02 Å². The molecule has 3 nitrogen and oxygen atoms in total. The molecule has 2 rings (SSSR count). The van der Waals surface area contributed by atoms with Crippen LogP contribution in [0.1, 0.15) is 46.0 Å². The lowest BCUT2D eigenvalue weighted by molar-refractivity contribution is -0.122. The second kappa shape index (κ2) is 5.65. The van der Waals surface area contributed by atoms with E-state index in [9.17, 15) is 4.79 Å². The van der Waals surface area contributed by atoms with Gasteiger partial charge >= 0.3 is 0 Å². The van der Waals surface area contributed by atoms with Gasteiger partial charge in [-0.1, -0.05) is 37.9 Å². The van der Waals surface area contributed by atoms with Crippen LogP contribution in [0.3, 0.4) is 0 Å². The Morgan fingerprint density at radius 1 is 1.25 bits per heavy atom. The first kappa shape index (κ1) is 15.2. The number of amides is 1. The summed E-state index contributed by atoms with van der Waals surface area (Å²) in [6.45, 7) is 4.51. The summed E-state index contributed by atoms with van der Waals surface area (Å²) in [6.07, 6.45) is 4.66. The number of hydrogen-bond acceptors (Lipinski definition) is 2. The van der Waals surface area contributed by atoms with Crippen LogP contribution in [0.5, 0.6) is 0 Å². The lowest BCUT2D eigenvalue weighted by Crippen LogP contribution is -2.50. The number of anilines is 1. The summed E-state index contributed by atoms with van der Waals surface area (Å²) in [5.41, 5.74) is 6.19. The van der Waals surface area contributed by atoms with E-state index in [0.29, 0.717) is 5.02 Å². The van der Waals surface area contributed by atoms with Gasteiger partial charge in [-0.3, -0.25) is 4.79 Å². The van der Waals surface area contributed by atoms with Gasteiger partial charge in [0.05, 0.1) is 0 Å². The fourth-order valence-electron chi connectivity index (χ4n) is 2.95. The van der Waals surface area contributed by atoms with E-state index in [0.717, 1.165) is 37.8 Å². The van der Waals surface area contributed by atoms with Gasteiger partial charge in [-0.25, -0.2) is 0 Å². The van der Waals surface area contributed by atoms with E-state index in [2.05, 4.69) is 19.2 Å². The van der Waals surface area contributed by atoms with Crippen molar-refractivity contribution in [3.05, 3.63) is 29.3 Å². The number of primary amides is 1. The third-order valence-electron chi connectivity index (χ3n) is 4.37. The highest BCUT2D eigenvalue weighted by Gasteiger charge is 2.40. The van der Waals surface area contributed by atoms with Gasteiger partial charge in [0.1, 0.15) is 5.54 Å². The highest BCUT2D eigenvalue weighted by molar-refractivity contribution is 6.30. The zero-order valence-corrected chi connectivity index (χ0v) is 13.0.